The average Bonchev–Trinajstić information content (AvgIpc) is 2.35. The lowest BCUT2D eigenvalue weighted by Gasteiger charge is -2.21. The molecule has 2 nitrogen and oxygen atoms in total. The van der Waals surface area contributed by atoms with Gasteiger partial charge in [-0.3, -0.25) is 4.79 Å². The lowest BCUT2D eigenvalue weighted by Crippen LogP contribution is -2.20. The predicted octanol–water partition coefficient (Wildman–Crippen LogP) is 3.88. The first-order valence-corrected chi connectivity index (χ1v) is 6.59. The Bertz CT molecular complexity index is 302. The number of ether oxygens (including phenoxy) is 1. The zero-order chi connectivity index (χ0) is 12.7. The second kappa shape index (κ2) is 7.31. The molecule has 17 heavy (non-hydrogen) atoms. The summed E-state index contributed by atoms with van der Waals surface area (Å²) in [7, 11) is 1.47. The van der Waals surface area contributed by atoms with Gasteiger partial charge in [-0.25, -0.2) is 0 Å². The first kappa shape index (κ1) is 14.0. The van der Waals surface area contributed by atoms with Crippen molar-refractivity contribution >= 4 is 5.97 Å². The summed E-state index contributed by atoms with van der Waals surface area (Å²) in [6.07, 6.45) is 12.0. The zero-order valence-electron chi connectivity index (χ0n) is 11.2. The molecule has 0 saturated heterocycles. The van der Waals surface area contributed by atoms with E-state index in [1.54, 1.807) is 0 Å². The highest BCUT2D eigenvalue weighted by molar-refractivity contribution is 5.72. The van der Waals surface area contributed by atoms with Crippen LogP contribution in [0.4, 0.5) is 0 Å². The lowest BCUT2D eigenvalue weighted by molar-refractivity contribution is -0.145. The van der Waals surface area contributed by atoms with Gasteiger partial charge in [0, 0.05) is 0 Å². The molecule has 1 aliphatic carbocycles. The molecular formula is C15H24O2. The minimum absolute atomic E-state index is 0.0465. The van der Waals surface area contributed by atoms with Crippen LogP contribution in [0.25, 0.3) is 0 Å². The Morgan fingerprint density at radius 3 is 2.94 bits per heavy atom. The van der Waals surface area contributed by atoms with Gasteiger partial charge in [-0.2, -0.15) is 0 Å². The summed E-state index contributed by atoms with van der Waals surface area (Å²) in [6.45, 7) is 4.40. The molecule has 0 aromatic heterocycles. The van der Waals surface area contributed by atoms with E-state index in [2.05, 4.69) is 32.1 Å². The van der Waals surface area contributed by atoms with Gasteiger partial charge in [0.1, 0.15) is 0 Å². The molecule has 1 aliphatic rings. The Hall–Kier alpha value is -1.05. The molecule has 2 heteroatoms. The quantitative estimate of drug-likeness (QED) is 0.535. The highest BCUT2D eigenvalue weighted by atomic mass is 16.5. The van der Waals surface area contributed by atoms with E-state index in [1.165, 1.54) is 31.9 Å². The monoisotopic (exact) mass is 236 g/mol. The number of hydrogen-bond acceptors (Lipinski definition) is 2. The molecule has 0 bridgehead atoms. The van der Waals surface area contributed by atoms with Crippen molar-refractivity contribution in [2.75, 3.05) is 7.11 Å². The molecule has 0 fully saturated rings. The van der Waals surface area contributed by atoms with Crippen LogP contribution in [0.2, 0.25) is 0 Å². The lowest BCUT2D eigenvalue weighted by atomic mass is 9.85. The number of carbonyl (C=O) groups is 1. The van der Waals surface area contributed by atoms with Crippen LogP contribution in [0.5, 0.6) is 0 Å². The standard InChI is InChI=1S/C15H24O2/c1-4-5-7-12(2)10-13-8-6-9-14(11-13)15(16)17-3/h6,8,10,13-14H,4-5,7,9,11H2,1-3H3/b12-10+/t13-,14+/m0/s1. The van der Waals surface area contributed by atoms with E-state index in [0.29, 0.717) is 5.92 Å². The van der Waals surface area contributed by atoms with Gasteiger partial charge in [-0.15, -0.1) is 0 Å². The fourth-order valence-electron chi connectivity index (χ4n) is 2.31. The summed E-state index contributed by atoms with van der Waals surface area (Å²) in [5.41, 5.74) is 1.44. The molecule has 2 atom stereocenters. The smallest absolute Gasteiger partial charge is 0.308 e. The van der Waals surface area contributed by atoms with E-state index in [1.807, 2.05) is 0 Å². The van der Waals surface area contributed by atoms with E-state index in [-0.39, 0.29) is 11.9 Å². The number of unbranched alkanes of at least 4 members (excludes halogenated alkanes) is 1. The van der Waals surface area contributed by atoms with Crippen LogP contribution < -0.4 is 0 Å². The van der Waals surface area contributed by atoms with Crippen LogP contribution in [0.1, 0.15) is 46.0 Å². The van der Waals surface area contributed by atoms with Crippen LogP contribution >= 0.6 is 0 Å². The van der Waals surface area contributed by atoms with Gasteiger partial charge in [-0.1, -0.05) is 37.1 Å². The van der Waals surface area contributed by atoms with Crippen LogP contribution in [0.3, 0.4) is 0 Å². The molecule has 0 saturated carbocycles. The Balaban J connectivity index is 2.52. The summed E-state index contributed by atoms with van der Waals surface area (Å²) < 4.78 is 4.81. The molecule has 0 heterocycles. The number of rotatable bonds is 5. The maximum atomic E-state index is 11.5. The highest BCUT2D eigenvalue weighted by Crippen LogP contribution is 2.26. The number of carbonyl (C=O) groups excluding carboxylic acids is 1. The van der Waals surface area contributed by atoms with Gasteiger partial charge in [0.05, 0.1) is 13.0 Å². The van der Waals surface area contributed by atoms with Crippen molar-refractivity contribution in [1.82, 2.24) is 0 Å². The average molecular weight is 236 g/mol. The van der Waals surface area contributed by atoms with Crippen molar-refractivity contribution in [3.8, 4) is 0 Å². The Morgan fingerprint density at radius 1 is 1.53 bits per heavy atom. The van der Waals surface area contributed by atoms with Crippen LogP contribution in [0, 0.1) is 11.8 Å². The normalized spacial score (nSPS) is 24.8. The van der Waals surface area contributed by atoms with E-state index in [0.717, 1.165) is 12.8 Å². The van der Waals surface area contributed by atoms with Crippen LogP contribution in [-0.2, 0) is 9.53 Å². The van der Waals surface area contributed by atoms with Crippen molar-refractivity contribution < 1.29 is 9.53 Å². The molecule has 0 aliphatic heterocycles. The molecule has 0 aromatic rings. The molecule has 96 valence electrons. The maximum absolute atomic E-state index is 11.5. The second-order valence-corrected chi connectivity index (χ2v) is 4.90. The van der Waals surface area contributed by atoms with Gasteiger partial charge in [0.15, 0.2) is 0 Å². The topological polar surface area (TPSA) is 26.3 Å². The van der Waals surface area contributed by atoms with Crippen molar-refractivity contribution in [2.45, 2.75) is 46.0 Å². The molecule has 0 unspecified atom stereocenters. The first-order chi connectivity index (χ1) is 8.17. The molecule has 0 N–H and O–H groups in total. The van der Waals surface area contributed by atoms with E-state index in [4.69, 9.17) is 4.74 Å². The fourth-order valence-corrected chi connectivity index (χ4v) is 2.31. The van der Waals surface area contributed by atoms with Crippen molar-refractivity contribution in [3.05, 3.63) is 23.8 Å². The van der Waals surface area contributed by atoms with E-state index >= 15 is 0 Å². The molecular weight excluding hydrogens is 212 g/mol. The fraction of sp³-hybridized carbons (Fsp3) is 0.667. The number of methoxy groups -OCH3 is 1. The molecule has 0 amide bonds. The minimum atomic E-state index is -0.0704. The number of allylic oxidation sites excluding steroid dienone is 4. The second-order valence-electron chi connectivity index (χ2n) is 4.90. The largest absolute Gasteiger partial charge is 0.469 e. The van der Waals surface area contributed by atoms with E-state index < -0.39 is 0 Å². The first-order valence-electron chi connectivity index (χ1n) is 6.59. The summed E-state index contributed by atoms with van der Waals surface area (Å²) >= 11 is 0. The summed E-state index contributed by atoms with van der Waals surface area (Å²) in [5.74, 6) is 0.383. The van der Waals surface area contributed by atoms with Crippen molar-refractivity contribution in [3.63, 3.8) is 0 Å². The zero-order valence-corrected chi connectivity index (χ0v) is 11.2. The number of esters is 1. The van der Waals surface area contributed by atoms with Crippen molar-refractivity contribution in [2.24, 2.45) is 11.8 Å². The van der Waals surface area contributed by atoms with Crippen molar-refractivity contribution in [1.29, 1.82) is 0 Å². The Kier molecular flexibility index (Phi) is 6.03. The Morgan fingerprint density at radius 2 is 2.29 bits per heavy atom. The Labute approximate surface area is 105 Å². The van der Waals surface area contributed by atoms with Gasteiger partial charge in [0.2, 0.25) is 0 Å². The molecule has 0 radical (unpaired) electrons. The van der Waals surface area contributed by atoms with Crippen LogP contribution in [-0.4, -0.2) is 13.1 Å². The third-order valence-corrected chi connectivity index (χ3v) is 3.32. The molecule has 1 rings (SSSR count). The summed E-state index contributed by atoms with van der Waals surface area (Å²) in [5, 5.41) is 0. The van der Waals surface area contributed by atoms with Gasteiger partial charge >= 0.3 is 5.97 Å². The summed E-state index contributed by atoms with van der Waals surface area (Å²) in [4.78, 5) is 11.5. The summed E-state index contributed by atoms with van der Waals surface area (Å²) in [6, 6.07) is 0. The van der Waals surface area contributed by atoms with E-state index in [9.17, 15) is 4.79 Å². The molecule has 0 aromatic carbocycles. The third kappa shape index (κ3) is 4.76. The predicted molar refractivity (Wildman–Crippen MR) is 70.7 cm³/mol. The SMILES string of the molecule is CCCC/C(C)=C/[C@@H]1C=CC[C@@H](C(=O)OC)C1. The minimum Gasteiger partial charge on any atom is -0.469 e. The number of hydrogen-bond donors (Lipinski definition) is 0. The maximum Gasteiger partial charge on any atom is 0.308 e. The van der Waals surface area contributed by atoms with Gasteiger partial charge < -0.3 is 4.74 Å². The highest BCUT2D eigenvalue weighted by Gasteiger charge is 2.23. The van der Waals surface area contributed by atoms with Gasteiger partial charge in [0.25, 0.3) is 0 Å². The molecule has 0 spiro atoms. The van der Waals surface area contributed by atoms with Crippen LogP contribution in [0.15, 0.2) is 23.8 Å². The third-order valence-electron chi connectivity index (χ3n) is 3.32. The van der Waals surface area contributed by atoms with Gasteiger partial charge in [-0.05, 0) is 38.5 Å².